The molecule has 31 valence electrons. The standard InChI is InChI=1S/Li.Mn.Ni.O.Sb.2H. The fourth-order valence-electron chi connectivity index (χ4n) is 0. The summed E-state index contributed by atoms with van der Waals surface area (Å²) in [5, 5.41) is 0. The first-order valence-electron chi connectivity index (χ1n) is 0.204. The molecule has 5 heteroatoms. The van der Waals surface area contributed by atoms with Crippen LogP contribution in [-0.2, 0) is 36.6 Å². The average molecular weight is 260 g/mol. The van der Waals surface area contributed by atoms with E-state index in [1.165, 1.54) is 0 Å². The summed E-state index contributed by atoms with van der Waals surface area (Å²) in [5.74, 6) is 0. The molecule has 0 saturated heterocycles. The first-order chi connectivity index (χ1) is 1.00. The van der Waals surface area contributed by atoms with Gasteiger partial charge in [0.1, 0.15) is 0 Å². The third-order valence-electron chi connectivity index (χ3n) is 0. The van der Waals surface area contributed by atoms with E-state index in [4.69, 9.17) is 3.02 Å². The molecule has 0 atom stereocenters. The Morgan fingerprint density at radius 1 is 1.20 bits per heavy atom. The van der Waals surface area contributed by atoms with Gasteiger partial charge in [-0.05, 0) is 0 Å². The van der Waals surface area contributed by atoms with Crippen LogP contribution in [0.15, 0.2) is 0 Å². The number of hydrogen-bond acceptors (Lipinski definition) is 1. The van der Waals surface area contributed by atoms with Gasteiger partial charge < -0.3 is 0 Å². The van der Waals surface area contributed by atoms with Gasteiger partial charge >= 0.3 is 44.9 Å². The van der Waals surface area contributed by atoms with Crippen molar-refractivity contribution in [3.05, 3.63) is 0 Å². The molecular weight excluding hydrogens is 258 g/mol. The summed E-state index contributed by atoms with van der Waals surface area (Å²) in [4.78, 5) is 0. The molecule has 0 aromatic carbocycles. The van der Waals surface area contributed by atoms with Crippen LogP contribution in [0.4, 0.5) is 0 Å². The van der Waals surface area contributed by atoms with Crippen molar-refractivity contribution < 1.29 is 36.6 Å². The van der Waals surface area contributed by atoms with E-state index in [2.05, 4.69) is 0 Å². The predicted molar refractivity (Wildman–Crippen MR) is 15.0 cm³/mol. The van der Waals surface area contributed by atoms with E-state index in [1.807, 2.05) is 0 Å². The molecular formula is H2LiMnNiOSb. The molecule has 0 aliphatic heterocycles. The van der Waals surface area contributed by atoms with E-state index in [9.17, 15) is 0 Å². The van der Waals surface area contributed by atoms with Gasteiger partial charge in [0.15, 0.2) is 0 Å². The maximum atomic E-state index is 8.34. The second-order valence-corrected chi connectivity index (χ2v) is 0. The zero-order valence-electron chi connectivity index (χ0n) is 1.60. The van der Waals surface area contributed by atoms with Crippen LogP contribution in [0.5, 0.6) is 0 Å². The zero-order valence-corrected chi connectivity index (χ0v) is 6.62. The van der Waals surface area contributed by atoms with Gasteiger partial charge in [-0.15, -0.1) is 0 Å². The quantitative estimate of drug-likeness (QED) is 0.489. The van der Waals surface area contributed by atoms with Gasteiger partial charge in [-0.1, -0.05) is 0 Å². The molecule has 0 fully saturated rings. The normalized spacial score (nSPS) is 0.800. The molecule has 0 amide bonds. The minimum atomic E-state index is 0. The van der Waals surface area contributed by atoms with Crippen LogP contribution < -0.4 is 0 Å². The summed E-state index contributed by atoms with van der Waals surface area (Å²) >= 11 is 0.300. The van der Waals surface area contributed by atoms with E-state index in [0.717, 1.165) is 0 Å². The van der Waals surface area contributed by atoms with Crippen molar-refractivity contribution in [2.24, 2.45) is 0 Å². The van der Waals surface area contributed by atoms with Crippen LogP contribution in [-0.4, -0.2) is 41.9 Å². The Balaban J connectivity index is -0.00000000167. The van der Waals surface area contributed by atoms with Crippen molar-refractivity contribution in [2.45, 2.75) is 0 Å². The molecule has 0 N–H and O–H groups in total. The second kappa shape index (κ2) is 34.3. The molecule has 0 spiro atoms. The van der Waals surface area contributed by atoms with E-state index >= 15 is 0 Å². The molecule has 0 saturated carbocycles. The van der Waals surface area contributed by atoms with Crippen molar-refractivity contribution in [1.29, 1.82) is 0 Å². The molecule has 0 aliphatic carbocycles. The summed E-state index contributed by atoms with van der Waals surface area (Å²) < 4.78 is 8.34. The Morgan fingerprint density at radius 3 is 1.20 bits per heavy atom. The topological polar surface area (TPSA) is 17.1 Å². The van der Waals surface area contributed by atoms with Crippen molar-refractivity contribution >= 4 is 41.9 Å². The van der Waals surface area contributed by atoms with Crippen LogP contribution in [0.2, 0.25) is 0 Å². The van der Waals surface area contributed by atoms with Crippen molar-refractivity contribution in [1.82, 2.24) is 0 Å². The van der Waals surface area contributed by atoms with Crippen molar-refractivity contribution in [2.75, 3.05) is 0 Å². The van der Waals surface area contributed by atoms with Gasteiger partial charge in [-0.3, -0.25) is 0 Å². The Kier molecular flexibility index (Phi) is 184. The fraction of sp³-hybridized carbons (Fsp3) is 0. The van der Waals surface area contributed by atoms with Crippen molar-refractivity contribution in [3.8, 4) is 0 Å². The van der Waals surface area contributed by atoms with Crippen LogP contribution in [0.1, 0.15) is 0 Å². The maximum absolute atomic E-state index is 8.34. The molecule has 1 nitrogen and oxygen atoms in total. The Labute approximate surface area is 77.5 Å². The fourth-order valence-corrected chi connectivity index (χ4v) is 0. The first kappa shape index (κ1) is 26.9. The molecule has 0 unspecified atom stereocenters. The molecule has 0 aromatic rings. The van der Waals surface area contributed by atoms with Crippen LogP contribution in [0.3, 0.4) is 0 Å². The number of rotatable bonds is 0. The molecule has 0 rings (SSSR count). The molecule has 0 heterocycles. The zero-order chi connectivity index (χ0) is 2.00. The molecule has 1 radical (unpaired) electrons. The first-order valence-corrected chi connectivity index (χ1v) is 1.37. The van der Waals surface area contributed by atoms with Crippen LogP contribution in [0.25, 0.3) is 0 Å². The monoisotopic (exact) mass is 259 g/mol. The van der Waals surface area contributed by atoms with Crippen LogP contribution >= 0.6 is 0 Å². The Morgan fingerprint density at radius 2 is 1.20 bits per heavy atom. The average Bonchev–Trinajstić information content (AvgIpc) is 1.00. The van der Waals surface area contributed by atoms with Crippen LogP contribution in [0, 0.1) is 0 Å². The second-order valence-electron chi connectivity index (χ2n) is 0. The van der Waals surface area contributed by atoms with Gasteiger partial charge in [0, 0.05) is 33.6 Å². The Bertz CT molecular complexity index is 11.6. The van der Waals surface area contributed by atoms with Gasteiger partial charge in [0.2, 0.25) is 0 Å². The predicted octanol–water partition coefficient (Wildman–Crippen LogP) is -1.42. The van der Waals surface area contributed by atoms with Gasteiger partial charge in [0.05, 0.1) is 0 Å². The summed E-state index contributed by atoms with van der Waals surface area (Å²) in [5.41, 5.74) is 0. The summed E-state index contributed by atoms with van der Waals surface area (Å²) in [6.07, 6.45) is 0. The molecule has 5 heavy (non-hydrogen) atoms. The summed E-state index contributed by atoms with van der Waals surface area (Å²) in [7, 11) is 0. The minimum absolute atomic E-state index is 0. The van der Waals surface area contributed by atoms with Gasteiger partial charge in [-0.25, -0.2) is 0 Å². The Hall–Kier alpha value is 2.23. The van der Waals surface area contributed by atoms with Gasteiger partial charge in [0.25, 0.3) is 0 Å². The SMILES string of the molecule is [LiH].[Mn].[Ni].[O]=[SbH]. The summed E-state index contributed by atoms with van der Waals surface area (Å²) in [6, 6.07) is 0. The number of hydrogen-bond donors (Lipinski definition) is 0. The van der Waals surface area contributed by atoms with E-state index in [0.29, 0.717) is 23.0 Å². The summed E-state index contributed by atoms with van der Waals surface area (Å²) in [6.45, 7) is 0. The third kappa shape index (κ3) is 22.4. The van der Waals surface area contributed by atoms with Gasteiger partial charge in [-0.2, -0.15) is 0 Å². The molecule has 0 bridgehead atoms. The van der Waals surface area contributed by atoms with E-state index in [-0.39, 0.29) is 52.4 Å². The van der Waals surface area contributed by atoms with Crippen molar-refractivity contribution in [3.63, 3.8) is 0 Å². The third-order valence-corrected chi connectivity index (χ3v) is 0. The molecule has 0 aliphatic rings. The molecule has 0 aromatic heterocycles. The van der Waals surface area contributed by atoms with E-state index < -0.39 is 0 Å². The van der Waals surface area contributed by atoms with E-state index in [1.54, 1.807) is 0 Å².